The minimum absolute atomic E-state index is 0.00442. The number of aromatic amines is 1. The fourth-order valence-corrected chi connectivity index (χ4v) is 3.81. The molecule has 0 saturated heterocycles. The third-order valence-electron chi connectivity index (χ3n) is 5.24. The van der Waals surface area contributed by atoms with Gasteiger partial charge in [0.05, 0.1) is 18.2 Å². The summed E-state index contributed by atoms with van der Waals surface area (Å²) in [4.78, 5) is 20.6. The van der Waals surface area contributed by atoms with E-state index in [1.54, 1.807) is 29.1 Å². The van der Waals surface area contributed by atoms with Crippen LogP contribution in [0, 0.1) is 5.82 Å². The Labute approximate surface area is 166 Å². The summed E-state index contributed by atoms with van der Waals surface area (Å²) in [5.41, 5.74) is 2.81. The number of hydrogen-bond donors (Lipinski definition) is 2. The standard InChI is InChI=1S/C21H19FN6O/c22-16-5-1-2-6-19(16)28-21(27-9-3-4-10-27)15(12-25-28)20(29)26-14-7-8-17-18(11-14)24-13-23-17/h1-6,9-10,12-14H,7-8,11H2,(H,23,24)(H,26,29). The highest BCUT2D eigenvalue weighted by molar-refractivity contribution is 5.97. The van der Waals surface area contributed by atoms with Crippen molar-refractivity contribution in [1.82, 2.24) is 29.6 Å². The molecule has 0 radical (unpaired) electrons. The van der Waals surface area contributed by atoms with Crippen LogP contribution in [0.15, 0.2) is 61.3 Å². The van der Waals surface area contributed by atoms with Crippen LogP contribution in [0.2, 0.25) is 0 Å². The number of carbonyl (C=O) groups is 1. The monoisotopic (exact) mass is 390 g/mol. The van der Waals surface area contributed by atoms with Crippen molar-refractivity contribution in [2.24, 2.45) is 0 Å². The van der Waals surface area contributed by atoms with E-state index in [0.717, 1.165) is 24.2 Å². The van der Waals surface area contributed by atoms with Crippen LogP contribution in [0.3, 0.4) is 0 Å². The number of nitrogens with zero attached hydrogens (tertiary/aromatic N) is 4. The largest absolute Gasteiger partial charge is 0.349 e. The molecular weight excluding hydrogens is 371 g/mol. The summed E-state index contributed by atoms with van der Waals surface area (Å²) >= 11 is 0. The number of carbonyl (C=O) groups excluding carboxylic acids is 1. The van der Waals surface area contributed by atoms with E-state index in [2.05, 4.69) is 20.4 Å². The van der Waals surface area contributed by atoms with E-state index in [4.69, 9.17) is 0 Å². The summed E-state index contributed by atoms with van der Waals surface area (Å²) in [6.07, 6.45) is 9.15. The number of imidazole rings is 1. The smallest absolute Gasteiger partial charge is 0.256 e. The molecule has 1 aliphatic carbocycles. The van der Waals surface area contributed by atoms with E-state index < -0.39 is 5.82 Å². The topological polar surface area (TPSA) is 80.5 Å². The van der Waals surface area contributed by atoms with Crippen molar-refractivity contribution in [3.8, 4) is 11.5 Å². The van der Waals surface area contributed by atoms with Gasteiger partial charge in [-0.05, 0) is 37.1 Å². The molecule has 4 aromatic rings. The summed E-state index contributed by atoms with van der Waals surface area (Å²) in [5, 5.41) is 7.42. The normalized spacial score (nSPS) is 15.8. The lowest BCUT2D eigenvalue weighted by molar-refractivity contribution is 0.0933. The maximum Gasteiger partial charge on any atom is 0.256 e. The van der Waals surface area contributed by atoms with Crippen molar-refractivity contribution in [2.75, 3.05) is 0 Å². The number of hydrogen-bond acceptors (Lipinski definition) is 3. The number of para-hydroxylation sites is 1. The second-order valence-corrected chi connectivity index (χ2v) is 7.08. The Bertz CT molecular complexity index is 1160. The van der Waals surface area contributed by atoms with Crippen LogP contribution in [-0.4, -0.2) is 36.3 Å². The predicted octanol–water partition coefficient (Wildman–Crippen LogP) is 2.81. The molecule has 1 aromatic carbocycles. The fraction of sp³-hybridized carbons (Fsp3) is 0.190. The molecule has 5 rings (SSSR count). The Morgan fingerprint density at radius 2 is 2.03 bits per heavy atom. The van der Waals surface area contributed by atoms with Crippen molar-refractivity contribution in [3.05, 3.63) is 84.1 Å². The molecule has 8 heteroatoms. The summed E-state index contributed by atoms with van der Waals surface area (Å²) in [5.74, 6) is -0.144. The first kappa shape index (κ1) is 17.4. The van der Waals surface area contributed by atoms with Crippen LogP contribution in [0.1, 0.15) is 28.2 Å². The number of benzene rings is 1. The maximum absolute atomic E-state index is 14.4. The van der Waals surface area contributed by atoms with Crippen LogP contribution in [0.5, 0.6) is 0 Å². The van der Waals surface area contributed by atoms with Gasteiger partial charge in [0.25, 0.3) is 5.91 Å². The highest BCUT2D eigenvalue weighted by Gasteiger charge is 2.26. The Balaban J connectivity index is 1.49. The van der Waals surface area contributed by atoms with E-state index in [9.17, 15) is 9.18 Å². The molecule has 29 heavy (non-hydrogen) atoms. The van der Waals surface area contributed by atoms with Gasteiger partial charge in [-0.2, -0.15) is 5.10 Å². The number of rotatable bonds is 4. The van der Waals surface area contributed by atoms with E-state index >= 15 is 0 Å². The number of nitrogens with one attached hydrogen (secondary N) is 2. The minimum atomic E-state index is -0.407. The Morgan fingerprint density at radius 3 is 2.86 bits per heavy atom. The molecule has 0 bridgehead atoms. The lowest BCUT2D eigenvalue weighted by Gasteiger charge is -2.22. The number of fused-ring (bicyclic) bond motifs is 1. The van der Waals surface area contributed by atoms with Gasteiger partial charge in [0.1, 0.15) is 17.1 Å². The highest BCUT2D eigenvalue weighted by Crippen LogP contribution is 2.23. The van der Waals surface area contributed by atoms with Crippen molar-refractivity contribution >= 4 is 5.91 Å². The molecule has 0 spiro atoms. The summed E-state index contributed by atoms with van der Waals surface area (Å²) < 4.78 is 17.6. The second kappa shape index (κ2) is 7.05. The molecular formula is C21H19FN6O. The summed E-state index contributed by atoms with van der Waals surface area (Å²) in [7, 11) is 0. The van der Waals surface area contributed by atoms with Crippen LogP contribution in [0.4, 0.5) is 4.39 Å². The summed E-state index contributed by atoms with van der Waals surface area (Å²) in [6.45, 7) is 0. The van der Waals surface area contributed by atoms with Gasteiger partial charge in [-0.1, -0.05) is 12.1 Å². The summed E-state index contributed by atoms with van der Waals surface area (Å²) in [6, 6.07) is 10.1. The van der Waals surface area contributed by atoms with Gasteiger partial charge in [-0.25, -0.2) is 14.1 Å². The quantitative estimate of drug-likeness (QED) is 0.562. The molecule has 0 saturated carbocycles. The van der Waals surface area contributed by atoms with Crippen LogP contribution in [0.25, 0.3) is 11.5 Å². The minimum Gasteiger partial charge on any atom is -0.349 e. The predicted molar refractivity (Wildman–Crippen MR) is 105 cm³/mol. The Morgan fingerprint density at radius 1 is 1.21 bits per heavy atom. The lowest BCUT2D eigenvalue weighted by atomic mass is 9.96. The zero-order valence-electron chi connectivity index (χ0n) is 15.5. The molecule has 1 atom stereocenters. The molecule has 3 heterocycles. The zero-order valence-corrected chi connectivity index (χ0v) is 15.5. The number of amides is 1. The zero-order chi connectivity index (χ0) is 19.8. The number of halogens is 1. The van der Waals surface area contributed by atoms with Gasteiger partial charge in [0, 0.05) is 30.6 Å². The van der Waals surface area contributed by atoms with Gasteiger partial charge < -0.3 is 14.9 Å². The van der Waals surface area contributed by atoms with Crippen molar-refractivity contribution in [2.45, 2.75) is 25.3 Å². The average molecular weight is 390 g/mol. The van der Waals surface area contributed by atoms with Gasteiger partial charge in [-0.3, -0.25) is 4.79 Å². The third kappa shape index (κ3) is 3.12. The number of H-pyrrole nitrogens is 1. The van der Waals surface area contributed by atoms with Crippen LogP contribution >= 0.6 is 0 Å². The molecule has 0 aliphatic heterocycles. The molecule has 1 amide bonds. The molecule has 1 aliphatic rings. The second-order valence-electron chi connectivity index (χ2n) is 7.08. The van der Waals surface area contributed by atoms with Gasteiger partial charge in [0.2, 0.25) is 0 Å². The van der Waals surface area contributed by atoms with E-state index in [1.807, 2.05) is 24.5 Å². The fourth-order valence-electron chi connectivity index (χ4n) is 3.81. The Kier molecular flexibility index (Phi) is 4.23. The SMILES string of the molecule is O=C(NC1CCc2nc[nH]c2C1)c1cnn(-c2ccccc2F)c1-n1cccc1. The van der Waals surface area contributed by atoms with Gasteiger partial charge in [0.15, 0.2) is 5.82 Å². The molecule has 0 fully saturated rings. The first-order valence-corrected chi connectivity index (χ1v) is 9.49. The average Bonchev–Trinajstić information content (AvgIpc) is 3.47. The first-order valence-electron chi connectivity index (χ1n) is 9.49. The van der Waals surface area contributed by atoms with Gasteiger partial charge >= 0.3 is 0 Å². The van der Waals surface area contributed by atoms with Crippen molar-refractivity contribution < 1.29 is 9.18 Å². The van der Waals surface area contributed by atoms with E-state index in [-0.39, 0.29) is 17.6 Å². The number of aromatic nitrogens is 5. The third-order valence-corrected chi connectivity index (χ3v) is 5.24. The van der Waals surface area contributed by atoms with Gasteiger partial charge in [-0.15, -0.1) is 0 Å². The van der Waals surface area contributed by atoms with E-state index in [0.29, 0.717) is 17.8 Å². The first-order chi connectivity index (χ1) is 14.2. The van der Waals surface area contributed by atoms with Crippen molar-refractivity contribution in [3.63, 3.8) is 0 Å². The van der Waals surface area contributed by atoms with Crippen molar-refractivity contribution in [1.29, 1.82) is 0 Å². The van der Waals surface area contributed by atoms with Crippen LogP contribution in [-0.2, 0) is 12.8 Å². The lowest BCUT2D eigenvalue weighted by Crippen LogP contribution is -2.39. The number of aryl methyl sites for hydroxylation is 1. The highest BCUT2D eigenvalue weighted by atomic mass is 19.1. The molecule has 7 nitrogen and oxygen atoms in total. The maximum atomic E-state index is 14.4. The molecule has 1 unspecified atom stereocenters. The van der Waals surface area contributed by atoms with Crippen LogP contribution < -0.4 is 5.32 Å². The molecule has 146 valence electrons. The molecule has 3 aromatic heterocycles. The van der Waals surface area contributed by atoms with E-state index in [1.165, 1.54) is 16.9 Å². The Hall–Kier alpha value is -3.68. The molecule has 2 N–H and O–H groups in total.